The molecule has 3 aromatic rings. The van der Waals surface area contributed by atoms with E-state index < -0.39 is 5.60 Å². The molecule has 0 aliphatic heterocycles. The van der Waals surface area contributed by atoms with Gasteiger partial charge in [0.2, 0.25) is 0 Å². The van der Waals surface area contributed by atoms with Gasteiger partial charge in [0.05, 0.1) is 19.9 Å². The molecule has 24 heavy (non-hydrogen) atoms. The molecule has 0 spiro atoms. The lowest BCUT2D eigenvalue weighted by molar-refractivity contribution is 0.0681. The summed E-state index contributed by atoms with van der Waals surface area (Å²) < 4.78 is 8.53. The maximum atomic E-state index is 12.8. The van der Waals surface area contributed by atoms with Crippen LogP contribution in [-0.4, -0.2) is 26.2 Å². The van der Waals surface area contributed by atoms with Gasteiger partial charge in [0.15, 0.2) is 0 Å². The number of aromatic nitrogens is 3. The molecule has 2 aromatic heterocycles. The van der Waals surface area contributed by atoms with Crippen molar-refractivity contribution in [2.24, 2.45) is 0 Å². The lowest BCUT2D eigenvalue weighted by Crippen LogP contribution is -2.26. The first-order chi connectivity index (χ1) is 11.3. The van der Waals surface area contributed by atoms with Gasteiger partial charge >= 0.3 is 0 Å². The van der Waals surface area contributed by atoms with E-state index in [0.29, 0.717) is 17.9 Å². The van der Waals surface area contributed by atoms with E-state index in [1.807, 2.05) is 37.4 Å². The van der Waals surface area contributed by atoms with Crippen LogP contribution in [0.15, 0.2) is 41.5 Å². The Kier molecular flexibility index (Phi) is 3.93. The first-order valence-corrected chi connectivity index (χ1v) is 7.74. The maximum absolute atomic E-state index is 12.8. The number of imidazole rings is 1. The average molecular weight is 327 g/mol. The van der Waals surface area contributed by atoms with Crippen LogP contribution in [0, 0.1) is 6.92 Å². The SMILES string of the molecule is COc1ccc(Cn2c(C)cn3c(C(C)(C)O)ncc3c2=O)cc1. The molecule has 0 atom stereocenters. The van der Waals surface area contributed by atoms with Crippen LogP contribution in [0.25, 0.3) is 5.52 Å². The molecule has 1 aromatic carbocycles. The molecule has 0 bridgehead atoms. The summed E-state index contributed by atoms with van der Waals surface area (Å²) in [5.41, 5.74) is 1.01. The topological polar surface area (TPSA) is 68.8 Å². The molecule has 6 heteroatoms. The van der Waals surface area contributed by atoms with E-state index in [-0.39, 0.29) is 5.56 Å². The average Bonchev–Trinajstić information content (AvgIpc) is 2.96. The molecule has 3 rings (SSSR count). The van der Waals surface area contributed by atoms with E-state index in [0.717, 1.165) is 17.0 Å². The Balaban J connectivity index is 2.07. The highest BCUT2D eigenvalue weighted by atomic mass is 16.5. The minimum atomic E-state index is -1.12. The van der Waals surface area contributed by atoms with Crippen molar-refractivity contribution in [2.45, 2.75) is 32.9 Å². The Hall–Kier alpha value is -2.60. The summed E-state index contributed by atoms with van der Waals surface area (Å²) in [6.07, 6.45) is 3.35. The van der Waals surface area contributed by atoms with Gasteiger partial charge in [-0.2, -0.15) is 0 Å². The molecule has 0 unspecified atom stereocenters. The molecule has 0 aliphatic rings. The van der Waals surface area contributed by atoms with Gasteiger partial charge in [-0.15, -0.1) is 0 Å². The van der Waals surface area contributed by atoms with E-state index in [9.17, 15) is 9.90 Å². The number of nitrogens with zero attached hydrogens (tertiary/aromatic N) is 3. The summed E-state index contributed by atoms with van der Waals surface area (Å²) in [4.78, 5) is 17.0. The number of hydrogen-bond donors (Lipinski definition) is 1. The Bertz CT molecular complexity index is 931. The molecule has 0 aliphatic carbocycles. The minimum Gasteiger partial charge on any atom is -0.497 e. The second-order valence-electron chi connectivity index (χ2n) is 6.41. The number of fused-ring (bicyclic) bond motifs is 1. The van der Waals surface area contributed by atoms with Gasteiger partial charge in [0.25, 0.3) is 5.56 Å². The van der Waals surface area contributed by atoms with Crippen LogP contribution in [0.4, 0.5) is 0 Å². The fourth-order valence-electron chi connectivity index (χ4n) is 2.77. The van der Waals surface area contributed by atoms with Gasteiger partial charge in [-0.05, 0) is 38.5 Å². The molecule has 2 heterocycles. The van der Waals surface area contributed by atoms with Crippen LogP contribution in [0.1, 0.15) is 30.9 Å². The smallest absolute Gasteiger partial charge is 0.276 e. The third-order valence-corrected chi connectivity index (χ3v) is 4.05. The van der Waals surface area contributed by atoms with Crippen molar-refractivity contribution < 1.29 is 9.84 Å². The molecule has 6 nitrogen and oxygen atoms in total. The summed E-state index contributed by atoms with van der Waals surface area (Å²) >= 11 is 0. The third-order valence-electron chi connectivity index (χ3n) is 4.05. The van der Waals surface area contributed by atoms with E-state index in [1.165, 1.54) is 6.20 Å². The quantitative estimate of drug-likeness (QED) is 0.797. The Morgan fingerprint density at radius 3 is 2.50 bits per heavy atom. The van der Waals surface area contributed by atoms with Crippen LogP contribution in [-0.2, 0) is 12.1 Å². The van der Waals surface area contributed by atoms with Crippen molar-refractivity contribution >= 4 is 5.52 Å². The number of aryl methyl sites for hydroxylation is 1. The Labute approximate surface area is 140 Å². The fourth-order valence-corrected chi connectivity index (χ4v) is 2.77. The van der Waals surface area contributed by atoms with Gasteiger partial charge in [0, 0.05) is 11.9 Å². The predicted molar refractivity (Wildman–Crippen MR) is 91.5 cm³/mol. The monoisotopic (exact) mass is 327 g/mol. The van der Waals surface area contributed by atoms with Crippen LogP contribution < -0.4 is 10.3 Å². The van der Waals surface area contributed by atoms with Crippen LogP contribution in [0.2, 0.25) is 0 Å². The lowest BCUT2D eigenvalue weighted by atomic mass is 10.1. The number of methoxy groups -OCH3 is 1. The standard InChI is InChI=1S/C18H21N3O3/c1-12-10-21-15(9-19-17(21)18(2,3)23)16(22)20(12)11-13-5-7-14(24-4)8-6-13/h5-10,23H,11H2,1-4H3. The van der Waals surface area contributed by atoms with Gasteiger partial charge in [-0.1, -0.05) is 12.1 Å². The third kappa shape index (κ3) is 2.80. The summed E-state index contributed by atoms with van der Waals surface area (Å²) in [7, 11) is 1.62. The molecule has 0 amide bonds. The van der Waals surface area contributed by atoms with Crippen molar-refractivity contribution in [1.29, 1.82) is 0 Å². The van der Waals surface area contributed by atoms with E-state index in [4.69, 9.17) is 4.74 Å². The normalized spacial score (nSPS) is 11.9. The molecule has 0 saturated carbocycles. The molecule has 1 N–H and O–H groups in total. The number of hydrogen-bond acceptors (Lipinski definition) is 4. The van der Waals surface area contributed by atoms with Crippen molar-refractivity contribution in [1.82, 2.24) is 14.0 Å². The zero-order valence-electron chi connectivity index (χ0n) is 14.3. The van der Waals surface area contributed by atoms with Crippen LogP contribution >= 0.6 is 0 Å². The predicted octanol–water partition coefficient (Wildman–Crippen LogP) is 2.09. The highest BCUT2D eigenvalue weighted by Crippen LogP contribution is 2.19. The fraction of sp³-hybridized carbons (Fsp3) is 0.333. The number of ether oxygens (including phenoxy) is 1. The van der Waals surface area contributed by atoms with Crippen molar-refractivity contribution in [3.05, 3.63) is 64.1 Å². The Morgan fingerprint density at radius 1 is 1.25 bits per heavy atom. The largest absolute Gasteiger partial charge is 0.497 e. The van der Waals surface area contributed by atoms with E-state index >= 15 is 0 Å². The molecule has 0 saturated heterocycles. The Morgan fingerprint density at radius 2 is 1.92 bits per heavy atom. The van der Waals surface area contributed by atoms with Gasteiger partial charge in [0.1, 0.15) is 22.7 Å². The number of rotatable bonds is 4. The van der Waals surface area contributed by atoms with Gasteiger partial charge in [-0.25, -0.2) is 4.98 Å². The zero-order chi connectivity index (χ0) is 17.5. The maximum Gasteiger partial charge on any atom is 0.276 e. The van der Waals surface area contributed by atoms with Crippen molar-refractivity contribution in [3.8, 4) is 5.75 Å². The van der Waals surface area contributed by atoms with Crippen LogP contribution in [0.3, 0.4) is 0 Å². The van der Waals surface area contributed by atoms with E-state index in [1.54, 1.807) is 29.9 Å². The molecule has 0 fully saturated rings. The van der Waals surface area contributed by atoms with Crippen LogP contribution in [0.5, 0.6) is 5.75 Å². The summed E-state index contributed by atoms with van der Waals surface area (Å²) in [6, 6.07) is 7.63. The summed E-state index contributed by atoms with van der Waals surface area (Å²) in [5.74, 6) is 1.23. The van der Waals surface area contributed by atoms with Crippen molar-refractivity contribution in [2.75, 3.05) is 7.11 Å². The van der Waals surface area contributed by atoms with Gasteiger partial charge < -0.3 is 14.4 Å². The second kappa shape index (κ2) is 5.79. The van der Waals surface area contributed by atoms with Crippen molar-refractivity contribution in [3.63, 3.8) is 0 Å². The molecular formula is C18H21N3O3. The first-order valence-electron chi connectivity index (χ1n) is 7.74. The highest BCUT2D eigenvalue weighted by Gasteiger charge is 2.23. The lowest BCUT2D eigenvalue weighted by Gasteiger charge is -2.17. The van der Waals surface area contributed by atoms with E-state index in [2.05, 4.69) is 4.98 Å². The highest BCUT2D eigenvalue weighted by molar-refractivity contribution is 5.45. The molecular weight excluding hydrogens is 306 g/mol. The minimum absolute atomic E-state index is 0.131. The second-order valence-corrected chi connectivity index (χ2v) is 6.41. The summed E-state index contributed by atoms with van der Waals surface area (Å²) in [6.45, 7) is 5.65. The molecule has 126 valence electrons. The van der Waals surface area contributed by atoms with Gasteiger partial charge in [-0.3, -0.25) is 9.20 Å². The summed E-state index contributed by atoms with van der Waals surface area (Å²) in [5, 5.41) is 10.2. The number of benzene rings is 1. The first kappa shape index (κ1) is 16.3. The molecule has 0 radical (unpaired) electrons. The number of aliphatic hydroxyl groups is 1. The zero-order valence-corrected chi connectivity index (χ0v) is 14.3.